The molecule has 1 unspecified atom stereocenters. The first-order valence-corrected chi connectivity index (χ1v) is 8.25. The summed E-state index contributed by atoms with van der Waals surface area (Å²) >= 11 is 1.86. The molecule has 0 radical (unpaired) electrons. The van der Waals surface area contributed by atoms with Crippen molar-refractivity contribution in [3.63, 3.8) is 0 Å². The van der Waals surface area contributed by atoms with Crippen molar-refractivity contribution in [2.24, 2.45) is 0 Å². The summed E-state index contributed by atoms with van der Waals surface area (Å²) in [4.78, 5) is 12.5. The van der Waals surface area contributed by atoms with Gasteiger partial charge in [-0.05, 0) is 49.1 Å². The van der Waals surface area contributed by atoms with Gasteiger partial charge in [0, 0.05) is 5.75 Å². The van der Waals surface area contributed by atoms with Gasteiger partial charge in [0.2, 0.25) is 0 Å². The number of hydrogen-bond donors (Lipinski definition) is 0. The summed E-state index contributed by atoms with van der Waals surface area (Å²) in [7, 11) is 1.67. The Balaban J connectivity index is 1.79. The Bertz CT molecular complexity index is 516. The normalized spacial score (nSPS) is 23.4. The highest BCUT2D eigenvalue weighted by Crippen LogP contribution is 2.50. The first kappa shape index (κ1) is 13.8. The molecule has 1 aliphatic carbocycles. The molecule has 1 saturated heterocycles. The zero-order chi connectivity index (χ0) is 14.2. The minimum Gasteiger partial charge on any atom is -0.496 e. The molecule has 0 aromatic heterocycles. The number of aryl methyl sites for hydroxylation is 1. The summed E-state index contributed by atoms with van der Waals surface area (Å²) in [5, 5.41) is 0. The number of thioether (sulfide) groups is 1. The fraction of sp³-hybridized carbons (Fsp3) is 0.562. The summed E-state index contributed by atoms with van der Waals surface area (Å²) in [6.07, 6.45) is 2.87. The molecule has 1 heterocycles. The van der Waals surface area contributed by atoms with Crippen molar-refractivity contribution in [1.82, 2.24) is 0 Å². The third-order valence-corrected chi connectivity index (χ3v) is 5.39. The van der Waals surface area contributed by atoms with E-state index in [1.54, 1.807) is 7.11 Å². The van der Waals surface area contributed by atoms with Crippen LogP contribution in [0.4, 0.5) is 0 Å². The molecule has 4 heteroatoms. The first-order valence-electron chi connectivity index (χ1n) is 7.10. The maximum absolute atomic E-state index is 12.5. The number of benzene rings is 1. The molecule has 3 rings (SSSR count). The van der Waals surface area contributed by atoms with Crippen molar-refractivity contribution in [3.05, 3.63) is 29.3 Å². The molecule has 0 spiro atoms. The second kappa shape index (κ2) is 5.32. The van der Waals surface area contributed by atoms with Gasteiger partial charge in [0.05, 0.1) is 12.5 Å². The molecule has 20 heavy (non-hydrogen) atoms. The molecule has 0 N–H and O–H groups in total. The largest absolute Gasteiger partial charge is 0.496 e. The van der Waals surface area contributed by atoms with Crippen molar-refractivity contribution >= 4 is 17.7 Å². The van der Waals surface area contributed by atoms with E-state index in [1.807, 2.05) is 36.9 Å². The monoisotopic (exact) mass is 292 g/mol. The van der Waals surface area contributed by atoms with Crippen LogP contribution in [-0.4, -0.2) is 30.7 Å². The molecule has 2 aliphatic rings. The van der Waals surface area contributed by atoms with Crippen molar-refractivity contribution in [1.29, 1.82) is 0 Å². The predicted octanol–water partition coefficient (Wildman–Crippen LogP) is 3.08. The Hall–Kier alpha value is -1.16. The number of carbonyl (C=O) groups is 1. The van der Waals surface area contributed by atoms with Crippen molar-refractivity contribution in [2.45, 2.75) is 37.7 Å². The molecule has 0 amide bonds. The van der Waals surface area contributed by atoms with Crippen LogP contribution in [0.5, 0.6) is 5.75 Å². The van der Waals surface area contributed by atoms with Crippen LogP contribution in [0.25, 0.3) is 0 Å². The van der Waals surface area contributed by atoms with Crippen molar-refractivity contribution < 1.29 is 14.3 Å². The predicted molar refractivity (Wildman–Crippen MR) is 80.5 cm³/mol. The van der Waals surface area contributed by atoms with Gasteiger partial charge in [-0.2, -0.15) is 11.8 Å². The summed E-state index contributed by atoms with van der Waals surface area (Å²) in [5.74, 6) is 2.84. The summed E-state index contributed by atoms with van der Waals surface area (Å²) < 4.78 is 11.1. The molecule has 1 aliphatic heterocycles. The maximum Gasteiger partial charge on any atom is 0.316 e. The van der Waals surface area contributed by atoms with Gasteiger partial charge in [0.25, 0.3) is 0 Å². The van der Waals surface area contributed by atoms with Crippen LogP contribution in [0.3, 0.4) is 0 Å². The van der Waals surface area contributed by atoms with E-state index in [1.165, 1.54) is 0 Å². The van der Waals surface area contributed by atoms with Crippen LogP contribution < -0.4 is 4.74 Å². The number of rotatable bonds is 4. The molecule has 2 fully saturated rings. The highest BCUT2D eigenvalue weighted by Gasteiger charge is 2.53. The standard InChI is InChI=1S/C16H20O3S/c1-11-3-4-12(9-14(11)18-2)16(6-7-16)15(17)19-13-5-8-20-10-13/h3-4,9,13H,5-8,10H2,1-2H3. The lowest BCUT2D eigenvalue weighted by Crippen LogP contribution is -2.28. The average Bonchev–Trinajstić information content (AvgIpc) is 3.11. The second-order valence-electron chi connectivity index (χ2n) is 5.66. The Morgan fingerprint density at radius 2 is 2.20 bits per heavy atom. The maximum atomic E-state index is 12.5. The number of methoxy groups -OCH3 is 1. The van der Waals surface area contributed by atoms with E-state index in [4.69, 9.17) is 9.47 Å². The number of ether oxygens (including phenoxy) is 2. The Morgan fingerprint density at radius 3 is 2.80 bits per heavy atom. The van der Waals surface area contributed by atoms with Gasteiger partial charge in [-0.3, -0.25) is 4.79 Å². The van der Waals surface area contributed by atoms with Crippen molar-refractivity contribution in [2.75, 3.05) is 18.6 Å². The lowest BCUT2D eigenvalue weighted by molar-refractivity contribution is -0.151. The number of carbonyl (C=O) groups excluding carboxylic acids is 1. The Kier molecular flexibility index (Phi) is 3.67. The highest BCUT2D eigenvalue weighted by molar-refractivity contribution is 7.99. The molecule has 1 aromatic rings. The average molecular weight is 292 g/mol. The van der Waals surface area contributed by atoms with Gasteiger partial charge in [-0.25, -0.2) is 0 Å². The van der Waals surface area contributed by atoms with Crippen LogP contribution >= 0.6 is 11.8 Å². The molecule has 1 aromatic carbocycles. The topological polar surface area (TPSA) is 35.5 Å². The Morgan fingerprint density at radius 1 is 1.40 bits per heavy atom. The zero-order valence-electron chi connectivity index (χ0n) is 12.0. The van der Waals surface area contributed by atoms with Gasteiger partial charge in [-0.1, -0.05) is 12.1 Å². The third-order valence-electron chi connectivity index (χ3n) is 4.26. The van der Waals surface area contributed by atoms with E-state index in [-0.39, 0.29) is 12.1 Å². The molecular formula is C16H20O3S. The SMILES string of the molecule is COc1cc(C2(C(=O)OC3CCSC3)CC2)ccc1C. The van der Waals surface area contributed by atoms with E-state index >= 15 is 0 Å². The van der Waals surface area contributed by atoms with Crippen LogP contribution in [-0.2, 0) is 14.9 Å². The third kappa shape index (κ3) is 2.41. The second-order valence-corrected chi connectivity index (χ2v) is 6.81. The van der Waals surface area contributed by atoms with E-state index in [2.05, 4.69) is 0 Å². The van der Waals surface area contributed by atoms with Crippen LogP contribution in [0, 0.1) is 6.92 Å². The van der Waals surface area contributed by atoms with Crippen LogP contribution in [0.15, 0.2) is 18.2 Å². The minimum absolute atomic E-state index is 0.0455. The Labute approximate surface area is 124 Å². The van der Waals surface area contributed by atoms with Crippen LogP contribution in [0.1, 0.15) is 30.4 Å². The molecular weight excluding hydrogens is 272 g/mol. The minimum atomic E-state index is -0.408. The van der Waals surface area contributed by atoms with E-state index in [9.17, 15) is 4.79 Å². The van der Waals surface area contributed by atoms with Gasteiger partial charge in [-0.15, -0.1) is 0 Å². The van der Waals surface area contributed by atoms with Crippen molar-refractivity contribution in [3.8, 4) is 5.75 Å². The molecule has 0 bridgehead atoms. The lowest BCUT2D eigenvalue weighted by atomic mass is 9.94. The van der Waals surface area contributed by atoms with Gasteiger partial charge in [0.15, 0.2) is 0 Å². The lowest BCUT2D eigenvalue weighted by Gasteiger charge is -2.19. The quantitative estimate of drug-likeness (QED) is 0.799. The van der Waals surface area contributed by atoms with Gasteiger partial charge >= 0.3 is 5.97 Å². The highest BCUT2D eigenvalue weighted by atomic mass is 32.2. The van der Waals surface area contributed by atoms with Gasteiger partial charge < -0.3 is 9.47 Å². The summed E-state index contributed by atoms with van der Waals surface area (Å²) in [6.45, 7) is 2.01. The number of hydrogen-bond acceptors (Lipinski definition) is 4. The van der Waals surface area contributed by atoms with Gasteiger partial charge in [0.1, 0.15) is 11.9 Å². The fourth-order valence-corrected chi connectivity index (χ4v) is 3.82. The van der Waals surface area contributed by atoms with E-state index in [0.717, 1.165) is 47.6 Å². The zero-order valence-corrected chi connectivity index (χ0v) is 12.8. The van der Waals surface area contributed by atoms with Crippen LogP contribution in [0.2, 0.25) is 0 Å². The molecule has 3 nitrogen and oxygen atoms in total. The number of esters is 1. The molecule has 1 atom stereocenters. The molecule has 108 valence electrons. The molecule has 1 saturated carbocycles. The first-order chi connectivity index (χ1) is 9.65. The summed E-state index contributed by atoms with van der Waals surface area (Å²) in [5.41, 5.74) is 1.72. The summed E-state index contributed by atoms with van der Waals surface area (Å²) in [6, 6.07) is 6.05. The smallest absolute Gasteiger partial charge is 0.316 e. The fourth-order valence-electron chi connectivity index (χ4n) is 2.72. The van der Waals surface area contributed by atoms with E-state index in [0.29, 0.717) is 0 Å². The van der Waals surface area contributed by atoms with E-state index < -0.39 is 5.41 Å².